The van der Waals surface area contributed by atoms with Gasteiger partial charge in [0, 0.05) is 31.5 Å². The first kappa shape index (κ1) is 17.4. The molecule has 0 unspecified atom stereocenters. The van der Waals surface area contributed by atoms with Gasteiger partial charge in [-0.3, -0.25) is 9.48 Å². The topological polar surface area (TPSA) is 74.6 Å². The van der Waals surface area contributed by atoms with Gasteiger partial charge in [-0.25, -0.2) is 0 Å². The number of rotatable bonds is 7. The number of hydrogen-bond acceptors (Lipinski definition) is 5. The number of hydrogen-bond donors (Lipinski definition) is 1. The van der Waals surface area contributed by atoms with Crippen LogP contribution in [0.4, 0.5) is 0 Å². The molecule has 0 bridgehead atoms. The second-order valence-corrected chi connectivity index (χ2v) is 6.39. The number of ether oxygens (including phenoxy) is 3. The van der Waals surface area contributed by atoms with Crippen LogP contribution in [0.3, 0.4) is 0 Å². The fourth-order valence-corrected chi connectivity index (χ4v) is 3.26. The zero-order valence-corrected chi connectivity index (χ0v) is 14.3. The monoisotopic (exact) mass is 337 g/mol. The van der Waals surface area contributed by atoms with Crippen molar-refractivity contribution in [1.29, 1.82) is 0 Å². The van der Waals surface area contributed by atoms with Gasteiger partial charge in [0.05, 0.1) is 24.9 Å². The average Bonchev–Trinajstić information content (AvgIpc) is 3.27. The SMILES string of the molecule is CCn1cc([C@H]2OCCC[C@@H]2NC(=O)COC[C@H]2CCCO2)cn1. The van der Waals surface area contributed by atoms with Crippen molar-refractivity contribution < 1.29 is 19.0 Å². The second kappa shape index (κ2) is 8.60. The van der Waals surface area contributed by atoms with Crippen molar-refractivity contribution in [3.05, 3.63) is 18.0 Å². The van der Waals surface area contributed by atoms with Gasteiger partial charge in [-0.2, -0.15) is 5.10 Å². The highest BCUT2D eigenvalue weighted by Gasteiger charge is 2.29. The van der Waals surface area contributed by atoms with Crippen LogP contribution in [0.25, 0.3) is 0 Å². The number of amides is 1. The van der Waals surface area contributed by atoms with E-state index in [0.717, 1.165) is 44.4 Å². The van der Waals surface area contributed by atoms with Crippen LogP contribution in [-0.2, 0) is 25.5 Å². The molecule has 7 nitrogen and oxygen atoms in total. The zero-order chi connectivity index (χ0) is 16.8. The van der Waals surface area contributed by atoms with E-state index < -0.39 is 0 Å². The van der Waals surface area contributed by atoms with Crippen molar-refractivity contribution in [2.45, 2.75) is 57.4 Å². The molecule has 3 rings (SSSR count). The summed E-state index contributed by atoms with van der Waals surface area (Å²) in [6.07, 6.45) is 7.76. The van der Waals surface area contributed by atoms with Crippen LogP contribution in [0.1, 0.15) is 44.3 Å². The van der Waals surface area contributed by atoms with E-state index in [1.165, 1.54) is 0 Å². The summed E-state index contributed by atoms with van der Waals surface area (Å²) in [5, 5.41) is 7.36. The van der Waals surface area contributed by atoms with Gasteiger partial charge < -0.3 is 19.5 Å². The third kappa shape index (κ3) is 4.55. The quantitative estimate of drug-likeness (QED) is 0.815. The fourth-order valence-electron chi connectivity index (χ4n) is 3.26. The highest BCUT2D eigenvalue weighted by molar-refractivity contribution is 5.77. The Balaban J connectivity index is 1.48. The van der Waals surface area contributed by atoms with E-state index in [1.54, 1.807) is 0 Å². The predicted octanol–water partition coefficient (Wildman–Crippen LogP) is 1.43. The number of nitrogens with zero attached hydrogens (tertiary/aromatic N) is 2. The van der Waals surface area contributed by atoms with Crippen molar-refractivity contribution in [2.75, 3.05) is 26.4 Å². The molecule has 0 spiro atoms. The molecule has 0 radical (unpaired) electrons. The first-order valence-corrected chi connectivity index (χ1v) is 8.89. The maximum absolute atomic E-state index is 12.2. The first-order valence-electron chi connectivity index (χ1n) is 8.89. The lowest BCUT2D eigenvalue weighted by Gasteiger charge is -2.31. The molecule has 134 valence electrons. The standard InChI is InChI=1S/C17H27N3O4/c1-2-20-10-13(9-18-20)17-15(6-4-8-24-17)19-16(21)12-22-11-14-5-3-7-23-14/h9-10,14-15,17H,2-8,11-12H2,1H3,(H,19,21)/t14-,15+,17-/m1/s1. The van der Waals surface area contributed by atoms with Crippen LogP contribution in [0.15, 0.2) is 12.4 Å². The van der Waals surface area contributed by atoms with Crippen LogP contribution in [-0.4, -0.2) is 54.3 Å². The van der Waals surface area contributed by atoms with Gasteiger partial charge in [-0.15, -0.1) is 0 Å². The number of carbonyl (C=O) groups excluding carboxylic acids is 1. The number of nitrogens with one attached hydrogen (secondary N) is 1. The lowest BCUT2D eigenvalue weighted by Crippen LogP contribution is -2.44. The Hall–Kier alpha value is -1.44. The van der Waals surface area contributed by atoms with Crippen LogP contribution in [0, 0.1) is 0 Å². The minimum absolute atomic E-state index is 0.0351. The zero-order valence-electron chi connectivity index (χ0n) is 14.3. The Kier molecular flexibility index (Phi) is 6.23. The van der Waals surface area contributed by atoms with Crippen LogP contribution in [0.5, 0.6) is 0 Å². The highest BCUT2D eigenvalue weighted by Crippen LogP contribution is 2.28. The molecular weight excluding hydrogens is 310 g/mol. The second-order valence-electron chi connectivity index (χ2n) is 6.39. The summed E-state index contributed by atoms with van der Waals surface area (Å²) < 4.78 is 18.7. The average molecular weight is 337 g/mol. The molecule has 1 amide bonds. The van der Waals surface area contributed by atoms with Gasteiger partial charge >= 0.3 is 0 Å². The normalized spacial score (nSPS) is 27.3. The van der Waals surface area contributed by atoms with Crippen molar-refractivity contribution in [3.8, 4) is 0 Å². The van der Waals surface area contributed by atoms with Gasteiger partial charge in [0.2, 0.25) is 5.91 Å². The molecular formula is C17H27N3O4. The summed E-state index contributed by atoms with van der Waals surface area (Å²) >= 11 is 0. The van der Waals surface area contributed by atoms with Crippen molar-refractivity contribution in [3.63, 3.8) is 0 Å². The van der Waals surface area contributed by atoms with E-state index in [0.29, 0.717) is 13.2 Å². The van der Waals surface area contributed by atoms with E-state index in [-0.39, 0.29) is 30.8 Å². The predicted molar refractivity (Wildman–Crippen MR) is 87.6 cm³/mol. The van der Waals surface area contributed by atoms with Crippen molar-refractivity contribution in [2.24, 2.45) is 0 Å². The molecule has 3 heterocycles. The molecule has 7 heteroatoms. The van der Waals surface area contributed by atoms with Gasteiger partial charge in [-0.1, -0.05) is 0 Å². The highest BCUT2D eigenvalue weighted by atomic mass is 16.5. The summed E-state index contributed by atoms with van der Waals surface area (Å²) in [5.74, 6) is -0.101. The molecule has 0 aromatic carbocycles. The first-order chi connectivity index (χ1) is 11.8. The van der Waals surface area contributed by atoms with E-state index in [9.17, 15) is 4.79 Å². The molecule has 2 fully saturated rings. The summed E-state index contributed by atoms with van der Waals surface area (Å²) in [7, 11) is 0. The fraction of sp³-hybridized carbons (Fsp3) is 0.765. The molecule has 1 aromatic rings. The maximum atomic E-state index is 12.2. The van der Waals surface area contributed by atoms with Crippen molar-refractivity contribution in [1.82, 2.24) is 15.1 Å². The van der Waals surface area contributed by atoms with Crippen LogP contribution < -0.4 is 5.32 Å². The Morgan fingerprint density at radius 1 is 1.38 bits per heavy atom. The summed E-state index contributed by atoms with van der Waals surface area (Å²) in [6, 6.07) is -0.0351. The molecule has 2 aliphatic heterocycles. The van der Waals surface area contributed by atoms with Crippen LogP contribution >= 0.6 is 0 Å². The summed E-state index contributed by atoms with van der Waals surface area (Å²) in [6.45, 7) is 4.93. The number of carbonyl (C=O) groups is 1. The smallest absolute Gasteiger partial charge is 0.246 e. The largest absolute Gasteiger partial charge is 0.376 e. The molecule has 2 aliphatic rings. The Morgan fingerprint density at radius 3 is 2.96 bits per heavy atom. The van der Waals surface area contributed by atoms with E-state index >= 15 is 0 Å². The molecule has 0 aliphatic carbocycles. The Morgan fingerprint density at radius 2 is 2.21 bits per heavy atom. The van der Waals surface area contributed by atoms with Gasteiger partial charge in [0.1, 0.15) is 12.7 Å². The summed E-state index contributed by atoms with van der Waals surface area (Å²) in [4.78, 5) is 12.2. The molecule has 1 aromatic heterocycles. The maximum Gasteiger partial charge on any atom is 0.246 e. The molecule has 24 heavy (non-hydrogen) atoms. The molecule has 0 saturated carbocycles. The van der Waals surface area contributed by atoms with Gasteiger partial charge in [-0.05, 0) is 32.6 Å². The summed E-state index contributed by atoms with van der Waals surface area (Å²) in [5.41, 5.74) is 1.02. The number of aromatic nitrogens is 2. The third-order valence-electron chi connectivity index (χ3n) is 4.54. The third-order valence-corrected chi connectivity index (χ3v) is 4.54. The van der Waals surface area contributed by atoms with Gasteiger partial charge in [0.15, 0.2) is 0 Å². The van der Waals surface area contributed by atoms with E-state index in [2.05, 4.69) is 10.4 Å². The number of aryl methyl sites for hydroxylation is 1. The van der Waals surface area contributed by atoms with Crippen molar-refractivity contribution >= 4 is 5.91 Å². The Bertz CT molecular complexity index is 528. The van der Waals surface area contributed by atoms with E-state index in [4.69, 9.17) is 14.2 Å². The lowest BCUT2D eigenvalue weighted by atomic mass is 9.98. The minimum atomic E-state index is -0.138. The van der Waals surface area contributed by atoms with Crippen LogP contribution in [0.2, 0.25) is 0 Å². The Labute approximate surface area is 142 Å². The minimum Gasteiger partial charge on any atom is -0.376 e. The lowest BCUT2D eigenvalue weighted by molar-refractivity contribution is -0.129. The van der Waals surface area contributed by atoms with E-state index in [1.807, 2.05) is 24.0 Å². The molecule has 1 N–H and O–H groups in total. The molecule has 3 atom stereocenters. The molecule has 2 saturated heterocycles. The van der Waals surface area contributed by atoms with Gasteiger partial charge in [0.25, 0.3) is 0 Å².